The summed E-state index contributed by atoms with van der Waals surface area (Å²) in [5, 5.41) is 3.55. The highest BCUT2D eigenvalue weighted by atomic mass is 79.9. The number of nitrogens with zero attached hydrogens (tertiary/aromatic N) is 3. The monoisotopic (exact) mass is 280 g/mol. The summed E-state index contributed by atoms with van der Waals surface area (Å²) in [4.78, 5) is 8.48. The van der Waals surface area contributed by atoms with Crippen LogP contribution in [0.5, 0.6) is 0 Å². The minimum atomic E-state index is 0.356. The van der Waals surface area contributed by atoms with Gasteiger partial charge in [0.15, 0.2) is 5.65 Å². The lowest BCUT2D eigenvalue weighted by molar-refractivity contribution is 0.530. The van der Waals surface area contributed by atoms with Gasteiger partial charge in [0.05, 0.1) is 18.1 Å². The van der Waals surface area contributed by atoms with Crippen molar-refractivity contribution in [3.05, 3.63) is 28.9 Å². The van der Waals surface area contributed by atoms with Crippen LogP contribution in [0.2, 0.25) is 0 Å². The van der Waals surface area contributed by atoms with Crippen molar-refractivity contribution in [1.29, 1.82) is 0 Å². The maximum absolute atomic E-state index is 4.32. The predicted octanol–water partition coefficient (Wildman–Crippen LogP) is 2.13. The number of imidazole rings is 1. The van der Waals surface area contributed by atoms with Crippen molar-refractivity contribution >= 4 is 21.6 Å². The Bertz CT molecular complexity index is 530. The van der Waals surface area contributed by atoms with E-state index in [0.717, 1.165) is 16.8 Å². The maximum atomic E-state index is 4.32. The van der Waals surface area contributed by atoms with Crippen LogP contribution in [0, 0.1) is 0 Å². The molecule has 0 amide bonds. The molecule has 1 aliphatic rings. The lowest BCUT2D eigenvalue weighted by Gasteiger charge is -2.10. The third-order valence-corrected chi connectivity index (χ3v) is 3.55. The lowest BCUT2D eigenvalue weighted by Crippen LogP contribution is -2.27. The molecule has 0 radical (unpaired) electrons. The second-order valence-corrected chi connectivity index (χ2v) is 5.41. The summed E-state index contributed by atoms with van der Waals surface area (Å²) in [6, 6.07) is 0. The largest absolute Gasteiger partial charge is 0.306 e. The van der Waals surface area contributed by atoms with E-state index in [4.69, 9.17) is 0 Å². The molecule has 16 heavy (non-hydrogen) atoms. The Morgan fingerprint density at radius 1 is 1.44 bits per heavy atom. The van der Waals surface area contributed by atoms with Crippen molar-refractivity contribution in [3.8, 4) is 0 Å². The first-order chi connectivity index (χ1) is 7.66. The fraction of sp³-hybridized carbons (Fsp3) is 0.455. The van der Waals surface area contributed by atoms with E-state index in [1.165, 1.54) is 18.5 Å². The standard InChI is InChI=1S/C11H13BrN4/c1-11(2-3-11)15-5-8-4-14-10-6-13-9(12)7-16(8)10/h4,6-7,15H,2-3,5H2,1H3. The third kappa shape index (κ3) is 1.85. The van der Waals surface area contributed by atoms with Crippen LogP contribution in [-0.4, -0.2) is 19.9 Å². The minimum absolute atomic E-state index is 0.356. The highest BCUT2D eigenvalue weighted by Gasteiger charge is 2.36. The predicted molar refractivity (Wildman–Crippen MR) is 65.2 cm³/mol. The molecule has 5 heteroatoms. The Labute approximate surface area is 102 Å². The van der Waals surface area contributed by atoms with Crippen LogP contribution in [-0.2, 0) is 6.54 Å². The molecule has 0 unspecified atom stereocenters. The molecule has 2 aromatic rings. The molecule has 1 fully saturated rings. The van der Waals surface area contributed by atoms with Crippen LogP contribution in [0.25, 0.3) is 5.65 Å². The molecule has 1 saturated carbocycles. The topological polar surface area (TPSA) is 42.2 Å². The van der Waals surface area contributed by atoms with Gasteiger partial charge < -0.3 is 5.32 Å². The summed E-state index contributed by atoms with van der Waals surface area (Å²) in [5.74, 6) is 0. The first-order valence-electron chi connectivity index (χ1n) is 5.39. The van der Waals surface area contributed by atoms with Gasteiger partial charge >= 0.3 is 0 Å². The molecule has 2 aromatic heterocycles. The van der Waals surface area contributed by atoms with E-state index in [1.807, 2.05) is 12.4 Å². The molecule has 84 valence electrons. The molecule has 4 nitrogen and oxygen atoms in total. The number of hydrogen-bond donors (Lipinski definition) is 1. The summed E-state index contributed by atoms with van der Waals surface area (Å²) >= 11 is 3.37. The fourth-order valence-corrected chi connectivity index (χ4v) is 2.02. The van der Waals surface area contributed by atoms with E-state index >= 15 is 0 Å². The molecule has 0 spiro atoms. The lowest BCUT2D eigenvalue weighted by atomic mass is 10.3. The fourth-order valence-electron chi connectivity index (χ4n) is 1.72. The second kappa shape index (κ2) is 3.53. The first-order valence-corrected chi connectivity index (χ1v) is 6.18. The second-order valence-electron chi connectivity index (χ2n) is 4.60. The molecule has 3 rings (SSSR count). The number of rotatable bonds is 3. The Morgan fingerprint density at radius 2 is 2.25 bits per heavy atom. The summed E-state index contributed by atoms with van der Waals surface area (Å²) in [6.07, 6.45) is 8.17. The average Bonchev–Trinajstić information content (AvgIpc) is 2.87. The molecule has 0 atom stereocenters. The van der Waals surface area contributed by atoms with Gasteiger partial charge in [-0.15, -0.1) is 0 Å². The van der Waals surface area contributed by atoms with Crippen molar-refractivity contribution in [3.63, 3.8) is 0 Å². The third-order valence-electron chi connectivity index (χ3n) is 3.14. The van der Waals surface area contributed by atoms with E-state index in [0.29, 0.717) is 5.54 Å². The Kier molecular flexibility index (Phi) is 2.26. The number of hydrogen-bond acceptors (Lipinski definition) is 3. The molecular formula is C11H13BrN4. The van der Waals surface area contributed by atoms with Gasteiger partial charge in [0.25, 0.3) is 0 Å². The highest BCUT2D eigenvalue weighted by molar-refractivity contribution is 9.10. The van der Waals surface area contributed by atoms with Gasteiger partial charge in [0.2, 0.25) is 0 Å². The van der Waals surface area contributed by atoms with E-state index in [1.54, 1.807) is 6.20 Å². The van der Waals surface area contributed by atoms with E-state index in [9.17, 15) is 0 Å². The van der Waals surface area contributed by atoms with Crippen LogP contribution >= 0.6 is 15.9 Å². The van der Waals surface area contributed by atoms with Crippen molar-refractivity contribution in [2.45, 2.75) is 31.8 Å². The van der Waals surface area contributed by atoms with Gasteiger partial charge in [-0.05, 0) is 35.7 Å². The van der Waals surface area contributed by atoms with Crippen molar-refractivity contribution in [2.75, 3.05) is 0 Å². The van der Waals surface area contributed by atoms with Crippen LogP contribution < -0.4 is 5.32 Å². The summed E-state index contributed by atoms with van der Waals surface area (Å²) in [5.41, 5.74) is 2.42. The quantitative estimate of drug-likeness (QED) is 0.937. The van der Waals surface area contributed by atoms with Gasteiger partial charge in [-0.25, -0.2) is 9.97 Å². The Morgan fingerprint density at radius 3 is 3.00 bits per heavy atom. The van der Waals surface area contributed by atoms with Crippen LogP contribution in [0.3, 0.4) is 0 Å². The van der Waals surface area contributed by atoms with Gasteiger partial charge in [-0.3, -0.25) is 4.40 Å². The number of aromatic nitrogens is 3. The van der Waals surface area contributed by atoms with Gasteiger partial charge in [-0.2, -0.15) is 0 Å². The van der Waals surface area contributed by atoms with Crippen LogP contribution in [0.4, 0.5) is 0 Å². The summed E-state index contributed by atoms with van der Waals surface area (Å²) < 4.78 is 2.90. The molecule has 0 bridgehead atoms. The van der Waals surface area contributed by atoms with Crippen LogP contribution in [0.1, 0.15) is 25.5 Å². The van der Waals surface area contributed by atoms with Gasteiger partial charge in [0.1, 0.15) is 4.60 Å². The molecule has 2 heterocycles. The summed E-state index contributed by atoms with van der Waals surface area (Å²) in [7, 11) is 0. The van der Waals surface area contributed by atoms with Crippen molar-refractivity contribution < 1.29 is 0 Å². The zero-order valence-corrected chi connectivity index (χ0v) is 10.7. The first kappa shape index (κ1) is 10.2. The van der Waals surface area contributed by atoms with Crippen molar-refractivity contribution in [1.82, 2.24) is 19.7 Å². The zero-order chi connectivity index (χ0) is 11.2. The molecule has 1 aliphatic carbocycles. The van der Waals surface area contributed by atoms with E-state index in [-0.39, 0.29) is 0 Å². The minimum Gasteiger partial charge on any atom is -0.306 e. The normalized spacial score (nSPS) is 17.9. The average molecular weight is 281 g/mol. The molecule has 1 N–H and O–H groups in total. The molecule has 0 aromatic carbocycles. The Balaban J connectivity index is 1.88. The summed E-state index contributed by atoms with van der Waals surface area (Å²) in [6.45, 7) is 3.11. The highest BCUT2D eigenvalue weighted by Crippen LogP contribution is 2.34. The number of nitrogens with one attached hydrogen (secondary N) is 1. The molecular weight excluding hydrogens is 268 g/mol. The van der Waals surface area contributed by atoms with Crippen LogP contribution in [0.15, 0.2) is 23.2 Å². The molecule has 0 aliphatic heterocycles. The smallest absolute Gasteiger partial charge is 0.155 e. The molecule has 0 saturated heterocycles. The number of fused-ring (bicyclic) bond motifs is 1. The van der Waals surface area contributed by atoms with E-state index < -0.39 is 0 Å². The number of halogens is 1. The van der Waals surface area contributed by atoms with Crippen molar-refractivity contribution in [2.24, 2.45) is 0 Å². The maximum Gasteiger partial charge on any atom is 0.155 e. The van der Waals surface area contributed by atoms with Gasteiger partial charge in [-0.1, -0.05) is 0 Å². The van der Waals surface area contributed by atoms with E-state index in [2.05, 4.69) is 42.5 Å². The zero-order valence-electron chi connectivity index (χ0n) is 9.07. The SMILES string of the molecule is CC1(NCc2cnc3cnc(Br)cn23)CC1. The van der Waals surface area contributed by atoms with Gasteiger partial charge in [0, 0.05) is 18.3 Å². The Hall–Kier alpha value is -0.940.